The molecule has 0 aliphatic heterocycles. The summed E-state index contributed by atoms with van der Waals surface area (Å²) in [6.07, 6.45) is 5.49. The van der Waals surface area contributed by atoms with E-state index in [1.54, 1.807) is 12.5 Å². The molecule has 1 aromatic heterocycles. The lowest BCUT2D eigenvalue weighted by Crippen LogP contribution is -2.05. The van der Waals surface area contributed by atoms with E-state index < -0.39 is 0 Å². The van der Waals surface area contributed by atoms with Gasteiger partial charge >= 0.3 is 0 Å². The van der Waals surface area contributed by atoms with Gasteiger partial charge < -0.3 is 9.88 Å². The summed E-state index contributed by atoms with van der Waals surface area (Å²) in [7, 11) is 1.94. The summed E-state index contributed by atoms with van der Waals surface area (Å²) in [6.45, 7) is 0.866. The number of hydrogen-bond acceptors (Lipinski definition) is 2. The molecule has 0 bridgehead atoms. The Labute approximate surface area is 97.3 Å². The fraction of sp³-hybridized carbons (Fsp3) is 0.182. The van der Waals surface area contributed by atoms with Gasteiger partial charge in [0.2, 0.25) is 0 Å². The number of hydrogen-bond donors (Lipinski definition) is 1. The van der Waals surface area contributed by atoms with Crippen molar-refractivity contribution in [3.8, 4) is 5.69 Å². The van der Waals surface area contributed by atoms with Crippen molar-refractivity contribution < 1.29 is 0 Å². The maximum atomic E-state index is 4.02. The molecule has 4 heteroatoms. The molecular weight excluding hydrogens is 254 g/mol. The number of nitrogens with zero attached hydrogens (tertiary/aromatic N) is 2. The number of imidazole rings is 1. The lowest BCUT2D eigenvalue weighted by molar-refractivity contribution is 0.813. The van der Waals surface area contributed by atoms with Crippen LogP contribution in [0.3, 0.4) is 0 Å². The SMILES string of the molecule is CNCc1ccc(-n2ccnc2)cc1Br. The smallest absolute Gasteiger partial charge is 0.0991 e. The first kappa shape index (κ1) is 10.4. The van der Waals surface area contributed by atoms with Gasteiger partial charge in [-0.1, -0.05) is 22.0 Å². The molecule has 2 aromatic rings. The van der Waals surface area contributed by atoms with E-state index in [-0.39, 0.29) is 0 Å². The largest absolute Gasteiger partial charge is 0.316 e. The Hall–Kier alpha value is -1.13. The van der Waals surface area contributed by atoms with Gasteiger partial charge in [0.1, 0.15) is 0 Å². The predicted molar refractivity (Wildman–Crippen MR) is 64.0 cm³/mol. The Bertz CT molecular complexity index is 437. The third-order valence-corrected chi connectivity index (χ3v) is 2.94. The third-order valence-electron chi connectivity index (χ3n) is 2.21. The number of nitrogens with one attached hydrogen (secondary N) is 1. The molecule has 0 saturated carbocycles. The summed E-state index contributed by atoms with van der Waals surface area (Å²) in [4.78, 5) is 4.02. The van der Waals surface area contributed by atoms with Gasteiger partial charge in [0, 0.05) is 29.1 Å². The standard InChI is InChI=1S/C11H12BrN3/c1-13-7-9-2-3-10(6-11(9)12)15-5-4-14-8-15/h2-6,8,13H,7H2,1H3. The second-order valence-electron chi connectivity index (χ2n) is 3.28. The van der Waals surface area contributed by atoms with Crippen molar-refractivity contribution in [2.45, 2.75) is 6.54 Å². The second-order valence-corrected chi connectivity index (χ2v) is 4.13. The van der Waals surface area contributed by atoms with Crippen molar-refractivity contribution in [1.82, 2.24) is 14.9 Å². The van der Waals surface area contributed by atoms with Crippen LogP contribution in [-0.4, -0.2) is 16.6 Å². The van der Waals surface area contributed by atoms with Crippen LogP contribution in [-0.2, 0) is 6.54 Å². The van der Waals surface area contributed by atoms with E-state index in [1.165, 1.54) is 5.56 Å². The van der Waals surface area contributed by atoms with E-state index in [4.69, 9.17) is 0 Å². The van der Waals surface area contributed by atoms with E-state index in [0.717, 1.165) is 16.7 Å². The topological polar surface area (TPSA) is 29.9 Å². The molecule has 0 fully saturated rings. The van der Waals surface area contributed by atoms with Crippen LogP contribution in [0.2, 0.25) is 0 Å². The molecule has 78 valence electrons. The monoisotopic (exact) mass is 265 g/mol. The van der Waals surface area contributed by atoms with E-state index >= 15 is 0 Å². The normalized spacial score (nSPS) is 10.5. The summed E-state index contributed by atoms with van der Waals surface area (Å²) in [5, 5.41) is 3.13. The summed E-state index contributed by atoms with van der Waals surface area (Å²) < 4.78 is 3.09. The number of halogens is 1. The average molecular weight is 266 g/mol. The van der Waals surface area contributed by atoms with E-state index in [0.29, 0.717) is 0 Å². The van der Waals surface area contributed by atoms with Crippen molar-refractivity contribution in [2.75, 3.05) is 7.05 Å². The van der Waals surface area contributed by atoms with Crippen molar-refractivity contribution in [3.05, 3.63) is 47.0 Å². The molecule has 0 spiro atoms. The van der Waals surface area contributed by atoms with Gasteiger partial charge in [-0.3, -0.25) is 0 Å². The minimum absolute atomic E-state index is 0.866. The van der Waals surface area contributed by atoms with Crippen LogP contribution in [0.25, 0.3) is 5.69 Å². The van der Waals surface area contributed by atoms with E-state index in [9.17, 15) is 0 Å². The first-order valence-corrected chi connectivity index (χ1v) is 5.52. The van der Waals surface area contributed by atoms with Gasteiger partial charge in [0.25, 0.3) is 0 Å². The van der Waals surface area contributed by atoms with Gasteiger partial charge in [-0.2, -0.15) is 0 Å². The summed E-state index contributed by atoms with van der Waals surface area (Å²) >= 11 is 3.56. The summed E-state index contributed by atoms with van der Waals surface area (Å²) in [5.74, 6) is 0. The number of rotatable bonds is 3. The maximum absolute atomic E-state index is 4.02. The molecule has 0 saturated heterocycles. The van der Waals surface area contributed by atoms with Crippen LogP contribution in [0.5, 0.6) is 0 Å². The highest BCUT2D eigenvalue weighted by Gasteiger charge is 2.01. The number of benzene rings is 1. The van der Waals surface area contributed by atoms with Gasteiger partial charge in [-0.05, 0) is 24.7 Å². The van der Waals surface area contributed by atoms with Gasteiger partial charge in [0.15, 0.2) is 0 Å². The van der Waals surface area contributed by atoms with Crippen molar-refractivity contribution in [1.29, 1.82) is 0 Å². The molecule has 1 heterocycles. The second kappa shape index (κ2) is 4.59. The Morgan fingerprint density at radius 3 is 2.93 bits per heavy atom. The molecule has 0 unspecified atom stereocenters. The lowest BCUT2D eigenvalue weighted by atomic mass is 10.2. The van der Waals surface area contributed by atoms with Gasteiger partial charge in [-0.25, -0.2) is 4.98 Å². The van der Waals surface area contributed by atoms with Crippen LogP contribution in [0.1, 0.15) is 5.56 Å². The highest BCUT2D eigenvalue weighted by Crippen LogP contribution is 2.20. The molecule has 15 heavy (non-hydrogen) atoms. The number of aromatic nitrogens is 2. The molecule has 2 rings (SSSR count). The molecular formula is C11H12BrN3. The Morgan fingerprint density at radius 2 is 2.33 bits per heavy atom. The first-order chi connectivity index (χ1) is 7.31. The van der Waals surface area contributed by atoms with E-state index in [1.807, 2.05) is 17.8 Å². The molecule has 3 nitrogen and oxygen atoms in total. The van der Waals surface area contributed by atoms with Gasteiger partial charge in [-0.15, -0.1) is 0 Å². The molecule has 0 atom stereocenters. The quantitative estimate of drug-likeness (QED) is 0.924. The molecule has 0 radical (unpaired) electrons. The summed E-state index contributed by atoms with van der Waals surface area (Å²) in [5.41, 5.74) is 2.36. The Morgan fingerprint density at radius 1 is 1.47 bits per heavy atom. The zero-order valence-electron chi connectivity index (χ0n) is 8.44. The van der Waals surface area contributed by atoms with Crippen LogP contribution in [0, 0.1) is 0 Å². The zero-order chi connectivity index (χ0) is 10.7. The molecule has 1 N–H and O–H groups in total. The fourth-order valence-corrected chi connectivity index (χ4v) is 1.95. The molecule has 0 amide bonds. The van der Waals surface area contributed by atoms with Crippen LogP contribution < -0.4 is 5.32 Å². The van der Waals surface area contributed by atoms with Crippen LogP contribution in [0.4, 0.5) is 0 Å². The highest BCUT2D eigenvalue weighted by molar-refractivity contribution is 9.10. The Kier molecular flexibility index (Phi) is 3.18. The van der Waals surface area contributed by atoms with E-state index in [2.05, 4.69) is 44.4 Å². The molecule has 0 aliphatic carbocycles. The maximum Gasteiger partial charge on any atom is 0.0991 e. The van der Waals surface area contributed by atoms with Crippen LogP contribution in [0.15, 0.2) is 41.4 Å². The fourth-order valence-electron chi connectivity index (χ4n) is 1.44. The van der Waals surface area contributed by atoms with Gasteiger partial charge in [0.05, 0.1) is 6.33 Å². The highest BCUT2D eigenvalue weighted by atomic mass is 79.9. The average Bonchev–Trinajstić information content (AvgIpc) is 2.74. The third kappa shape index (κ3) is 2.27. The van der Waals surface area contributed by atoms with Crippen molar-refractivity contribution in [2.24, 2.45) is 0 Å². The first-order valence-electron chi connectivity index (χ1n) is 4.72. The van der Waals surface area contributed by atoms with Crippen molar-refractivity contribution in [3.63, 3.8) is 0 Å². The predicted octanol–water partition coefficient (Wildman–Crippen LogP) is 2.35. The minimum atomic E-state index is 0.866. The molecule has 0 aliphatic rings. The van der Waals surface area contributed by atoms with Crippen LogP contribution >= 0.6 is 15.9 Å². The Balaban J connectivity index is 2.33. The molecule has 1 aromatic carbocycles. The summed E-state index contributed by atoms with van der Waals surface area (Å²) in [6, 6.07) is 6.28. The minimum Gasteiger partial charge on any atom is -0.316 e. The zero-order valence-corrected chi connectivity index (χ0v) is 10.0. The van der Waals surface area contributed by atoms with Crippen molar-refractivity contribution >= 4 is 15.9 Å². The lowest BCUT2D eigenvalue weighted by Gasteiger charge is -2.07.